The normalized spacial score (nSPS) is 18.5. The maximum atomic E-state index is 14.3. The van der Waals surface area contributed by atoms with Crippen LogP contribution in [-0.4, -0.2) is 113 Å². The number of H-pyrrole nitrogens is 2. The first kappa shape index (κ1) is 46.0. The van der Waals surface area contributed by atoms with Crippen LogP contribution >= 0.6 is 0 Å². The average molecular weight is 879 g/mol. The molecule has 342 valence electrons. The Bertz CT molecular complexity index is 2460. The zero-order valence-electron chi connectivity index (χ0n) is 38.2. The van der Waals surface area contributed by atoms with Crippen molar-refractivity contribution in [2.75, 3.05) is 41.1 Å². The van der Waals surface area contributed by atoms with Gasteiger partial charge in [-0.2, -0.15) is 0 Å². The molecule has 5 heterocycles. The van der Waals surface area contributed by atoms with Gasteiger partial charge in [0.1, 0.15) is 36.1 Å². The first-order valence-electron chi connectivity index (χ1n) is 22.4. The van der Waals surface area contributed by atoms with Gasteiger partial charge in [0.05, 0.1) is 42.1 Å². The van der Waals surface area contributed by atoms with Crippen molar-refractivity contribution >= 4 is 46.1 Å². The Kier molecular flexibility index (Phi) is 14.5. The molecule has 4 amide bonds. The minimum Gasteiger partial charge on any atom is -0.488 e. The second-order valence-electron chi connectivity index (χ2n) is 17.2. The molecule has 3 aliphatic rings. The minimum absolute atomic E-state index is 0.0258. The second kappa shape index (κ2) is 20.2. The van der Waals surface area contributed by atoms with Crippen LogP contribution in [-0.2, 0) is 35.2 Å². The Labute approximate surface area is 374 Å². The van der Waals surface area contributed by atoms with Gasteiger partial charge in [-0.15, -0.1) is 0 Å². The number of carbonyl (C=O) groups is 4. The summed E-state index contributed by atoms with van der Waals surface area (Å²) in [5.41, 5.74) is 6.59. The number of amides is 4. The van der Waals surface area contributed by atoms with Crippen LogP contribution in [0.2, 0.25) is 0 Å². The average Bonchev–Trinajstić information content (AvgIpc) is 4.07. The van der Waals surface area contributed by atoms with Crippen LogP contribution in [0.3, 0.4) is 0 Å². The number of rotatable bonds is 13. The van der Waals surface area contributed by atoms with Crippen LogP contribution in [0.5, 0.6) is 5.75 Å². The quantitative estimate of drug-likeness (QED) is 0.0880. The van der Waals surface area contributed by atoms with Crippen molar-refractivity contribution in [1.29, 1.82) is 0 Å². The Balaban J connectivity index is 0.00000199. The summed E-state index contributed by atoms with van der Waals surface area (Å²) >= 11 is 0. The van der Waals surface area contributed by atoms with Crippen molar-refractivity contribution in [3.05, 3.63) is 65.9 Å². The Morgan fingerprint density at radius 3 is 2.45 bits per heavy atom. The molecule has 2 fully saturated rings. The van der Waals surface area contributed by atoms with Gasteiger partial charge in [-0.05, 0) is 104 Å². The highest BCUT2D eigenvalue weighted by molar-refractivity contribution is 6.07. The predicted molar refractivity (Wildman–Crippen MR) is 243 cm³/mol. The highest BCUT2D eigenvalue weighted by atomic mass is 16.5. The summed E-state index contributed by atoms with van der Waals surface area (Å²) in [5.74, 6) is 1.80. The molecule has 16 nitrogen and oxygen atoms in total. The van der Waals surface area contributed by atoms with E-state index in [1.807, 2.05) is 51.8 Å². The SMILES string of the molecule is CCC(c1nc2c(ccc3cc4c(cc32)OCc2cc(-c3cnc([C@@H]5CC[C@H](C)N5C(=O)C(NC=O)C(C)C)[nH]3)ccc2-4)[nH]1)N(CC)C(=O)[C@@H](NC(=O)OC)C1CCOCC1.COC. The number of benzene rings is 3. The third-order valence-corrected chi connectivity index (χ3v) is 12.9. The monoisotopic (exact) mass is 878 g/mol. The molecule has 0 spiro atoms. The third kappa shape index (κ3) is 9.16. The van der Waals surface area contributed by atoms with Gasteiger partial charge in [-0.1, -0.05) is 39.0 Å². The number of aromatic amines is 2. The number of nitrogens with zero attached hydrogens (tertiary/aromatic N) is 4. The molecule has 8 rings (SSSR count). The number of aromatic nitrogens is 4. The lowest BCUT2D eigenvalue weighted by molar-refractivity contribution is -0.139. The number of likely N-dealkylation sites (tertiary alicyclic amines) is 1. The number of likely N-dealkylation sites (N-methyl/N-ethyl adjacent to an activating group) is 1. The molecular formula is C48H62N8O8. The van der Waals surface area contributed by atoms with E-state index in [9.17, 15) is 19.2 Å². The van der Waals surface area contributed by atoms with Gasteiger partial charge in [0.15, 0.2) is 0 Å². The van der Waals surface area contributed by atoms with Gasteiger partial charge < -0.3 is 49.3 Å². The molecule has 0 bridgehead atoms. The number of hydrogen-bond donors (Lipinski definition) is 4. The Hall–Kier alpha value is -6.00. The van der Waals surface area contributed by atoms with Gasteiger partial charge in [0.25, 0.3) is 0 Å². The van der Waals surface area contributed by atoms with Crippen molar-refractivity contribution in [1.82, 2.24) is 40.4 Å². The highest BCUT2D eigenvalue weighted by Gasteiger charge is 2.41. The van der Waals surface area contributed by atoms with Crippen LogP contribution < -0.4 is 15.4 Å². The van der Waals surface area contributed by atoms with E-state index in [1.54, 1.807) is 19.1 Å². The smallest absolute Gasteiger partial charge is 0.407 e. The van der Waals surface area contributed by atoms with Crippen LogP contribution in [0.15, 0.2) is 48.7 Å². The standard InChI is InChI=1S/C46H56N8O7.C2H6O/c1-7-36(53(8-2)44(56)40(52-46(58)59-6)27-15-17-60-18-16-27)43-49-34-13-11-28-20-33-31-12-10-29(19-30(31)23-61-38(33)21-32(28)41(34)51-43)35-22-47-42(50-35)37-14-9-26(5)54(37)45(57)39(25(3)4)48-24-55;1-3-2/h10-13,19-22,24-27,36-37,39-40H,7-9,14-18,23H2,1-6H3,(H,47,50)(H,48,55)(H,49,51)(H,52,58);1-2H3/t26-,36?,37-,39?,40-;/m0./s1. The van der Waals surface area contributed by atoms with E-state index in [4.69, 9.17) is 24.2 Å². The number of imidazole rings is 2. The molecule has 64 heavy (non-hydrogen) atoms. The van der Waals surface area contributed by atoms with Crippen molar-refractivity contribution in [2.24, 2.45) is 11.8 Å². The van der Waals surface area contributed by atoms with E-state index in [0.29, 0.717) is 57.9 Å². The van der Waals surface area contributed by atoms with E-state index in [-0.39, 0.29) is 41.8 Å². The fraction of sp³-hybridized carbons (Fsp3) is 0.500. The molecule has 0 saturated carbocycles. The summed E-state index contributed by atoms with van der Waals surface area (Å²) in [6.45, 7) is 11.8. The number of carbonyl (C=O) groups excluding carboxylic acids is 4. The van der Waals surface area contributed by atoms with Crippen LogP contribution in [0.4, 0.5) is 4.79 Å². The number of nitrogens with one attached hydrogen (secondary N) is 4. The topological polar surface area (TPSA) is 193 Å². The second-order valence-corrected chi connectivity index (χ2v) is 17.2. The fourth-order valence-electron chi connectivity index (χ4n) is 9.58. The lowest BCUT2D eigenvalue weighted by atomic mass is 9.90. The van der Waals surface area contributed by atoms with Crippen molar-refractivity contribution < 1.29 is 38.1 Å². The molecular weight excluding hydrogens is 817 g/mol. The predicted octanol–water partition coefficient (Wildman–Crippen LogP) is 7.20. The van der Waals surface area contributed by atoms with Crippen molar-refractivity contribution in [3.63, 3.8) is 0 Å². The van der Waals surface area contributed by atoms with Crippen LogP contribution in [0.25, 0.3) is 44.2 Å². The van der Waals surface area contributed by atoms with E-state index in [2.05, 4.69) is 61.7 Å². The van der Waals surface area contributed by atoms with E-state index >= 15 is 0 Å². The van der Waals surface area contributed by atoms with E-state index in [0.717, 1.165) is 74.2 Å². The van der Waals surface area contributed by atoms with Crippen LogP contribution in [0.1, 0.15) is 96.0 Å². The molecule has 2 unspecified atom stereocenters. The largest absolute Gasteiger partial charge is 0.488 e. The molecule has 4 N–H and O–H groups in total. The van der Waals surface area contributed by atoms with E-state index in [1.165, 1.54) is 7.11 Å². The molecule has 3 aliphatic heterocycles. The minimum atomic E-state index is -0.741. The summed E-state index contributed by atoms with van der Waals surface area (Å²) in [5, 5.41) is 7.50. The van der Waals surface area contributed by atoms with Gasteiger partial charge in [0, 0.05) is 51.0 Å². The molecule has 2 saturated heterocycles. The molecule has 16 heteroatoms. The van der Waals surface area contributed by atoms with Crippen molar-refractivity contribution in [2.45, 2.75) is 104 Å². The van der Waals surface area contributed by atoms with Gasteiger partial charge in [0.2, 0.25) is 18.2 Å². The molecule has 2 aromatic heterocycles. The van der Waals surface area contributed by atoms with Crippen LogP contribution in [0, 0.1) is 11.8 Å². The summed E-state index contributed by atoms with van der Waals surface area (Å²) in [6, 6.07) is 12.8. The van der Waals surface area contributed by atoms with Gasteiger partial charge in [-0.3, -0.25) is 14.4 Å². The number of alkyl carbamates (subject to hydrolysis) is 1. The molecule has 5 aromatic rings. The van der Waals surface area contributed by atoms with Gasteiger partial charge >= 0.3 is 6.09 Å². The molecule has 3 aromatic carbocycles. The zero-order chi connectivity index (χ0) is 45.7. The molecule has 5 atom stereocenters. The molecule has 0 aliphatic carbocycles. The van der Waals surface area contributed by atoms with Crippen molar-refractivity contribution in [3.8, 4) is 28.1 Å². The number of ether oxygens (including phenoxy) is 4. The maximum absolute atomic E-state index is 14.3. The number of methoxy groups -OCH3 is 2. The first-order valence-corrected chi connectivity index (χ1v) is 22.4. The van der Waals surface area contributed by atoms with Gasteiger partial charge in [-0.25, -0.2) is 14.8 Å². The molecule has 0 radical (unpaired) electrons. The fourth-order valence-corrected chi connectivity index (χ4v) is 9.58. The third-order valence-electron chi connectivity index (χ3n) is 12.9. The summed E-state index contributed by atoms with van der Waals surface area (Å²) < 4.78 is 21.2. The number of fused-ring (bicyclic) bond motifs is 6. The summed E-state index contributed by atoms with van der Waals surface area (Å²) in [4.78, 5) is 72.3. The highest BCUT2D eigenvalue weighted by Crippen LogP contribution is 2.43. The Morgan fingerprint density at radius 2 is 1.77 bits per heavy atom. The zero-order valence-corrected chi connectivity index (χ0v) is 38.2. The van der Waals surface area contributed by atoms with E-state index < -0.39 is 18.2 Å². The first-order chi connectivity index (χ1) is 31.0. The Morgan fingerprint density at radius 1 is 1.00 bits per heavy atom. The summed E-state index contributed by atoms with van der Waals surface area (Å²) in [7, 11) is 4.55. The maximum Gasteiger partial charge on any atom is 0.407 e. The summed E-state index contributed by atoms with van der Waals surface area (Å²) in [6.07, 6.45) is 5.37. The number of hydrogen-bond acceptors (Lipinski definition) is 10. The lowest BCUT2D eigenvalue weighted by Crippen LogP contribution is -2.54. The lowest BCUT2D eigenvalue weighted by Gasteiger charge is -2.36.